The van der Waals surface area contributed by atoms with Gasteiger partial charge < -0.3 is 9.47 Å². The van der Waals surface area contributed by atoms with Crippen molar-refractivity contribution in [2.75, 3.05) is 12.3 Å². The van der Waals surface area contributed by atoms with Crippen molar-refractivity contribution in [1.29, 1.82) is 0 Å². The molecule has 0 unspecified atom stereocenters. The molecule has 1 aliphatic heterocycles. The Balaban J connectivity index is 0.000000858. The van der Waals surface area contributed by atoms with Crippen molar-refractivity contribution in [2.24, 2.45) is 0 Å². The maximum absolute atomic E-state index is 12.7. The molecule has 31 heavy (non-hydrogen) atoms. The number of aromatic nitrogens is 5. The number of pyridine rings is 1. The number of nitrogens with zero attached hydrogens (tertiary/aromatic N) is 6. The molecule has 2 aromatic heterocycles. The van der Waals surface area contributed by atoms with Gasteiger partial charge in [-0.15, -0.1) is 5.10 Å². The first-order valence-electron chi connectivity index (χ1n) is 10.5. The quantitative estimate of drug-likeness (QED) is 0.567. The molecule has 0 fully saturated rings. The van der Waals surface area contributed by atoms with Gasteiger partial charge in [0.2, 0.25) is 11.1 Å². The molecule has 9 heteroatoms. The summed E-state index contributed by atoms with van der Waals surface area (Å²) in [5.41, 5.74) is 2.91. The zero-order valence-electron chi connectivity index (χ0n) is 18.2. The third-order valence-electron chi connectivity index (χ3n) is 4.81. The molecule has 3 heterocycles. The van der Waals surface area contributed by atoms with E-state index in [4.69, 9.17) is 0 Å². The Hall–Kier alpha value is -2.94. The fourth-order valence-electron chi connectivity index (χ4n) is 3.32. The highest BCUT2D eigenvalue weighted by molar-refractivity contribution is 7.99. The van der Waals surface area contributed by atoms with Crippen LogP contribution in [-0.4, -0.2) is 47.9 Å². The highest BCUT2D eigenvalue weighted by atomic mass is 32.2. The van der Waals surface area contributed by atoms with Gasteiger partial charge in [0.05, 0.1) is 18.0 Å². The Bertz CT molecular complexity index is 1080. The second-order valence-corrected chi connectivity index (χ2v) is 8.12. The summed E-state index contributed by atoms with van der Waals surface area (Å²) in [6, 6.07) is 13.1. The van der Waals surface area contributed by atoms with E-state index < -0.39 is 0 Å². The van der Waals surface area contributed by atoms with Crippen molar-refractivity contribution in [3.8, 4) is 5.69 Å². The summed E-state index contributed by atoms with van der Waals surface area (Å²) in [7, 11) is 0. The van der Waals surface area contributed by atoms with Gasteiger partial charge in [-0.2, -0.15) is 4.68 Å². The smallest absolute Gasteiger partial charge is 0.250 e. The molecule has 0 aliphatic carbocycles. The van der Waals surface area contributed by atoms with Gasteiger partial charge in [-0.3, -0.25) is 9.59 Å². The van der Waals surface area contributed by atoms with Crippen LogP contribution in [0.1, 0.15) is 38.4 Å². The molecule has 3 aromatic rings. The largest absolute Gasteiger partial charge is 0.334 e. The molecular formula is C22H28N6O2S. The van der Waals surface area contributed by atoms with Gasteiger partial charge >= 0.3 is 0 Å². The predicted octanol–water partition coefficient (Wildman–Crippen LogP) is 2.94. The molecule has 4 rings (SSSR count). The summed E-state index contributed by atoms with van der Waals surface area (Å²) in [6.45, 7) is 7.82. The van der Waals surface area contributed by atoms with Gasteiger partial charge in [0.15, 0.2) is 0 Å². The van der Waals surface area contributed by atoms with Crippen molar-refractivity contribution in [1.82, 2.24) is 29.7 Å². The number of thioether (sulfide) groups is 1. The summed E-state index contributed by atoms with van der Waals surface area (Å²) < 4.78 is 3.40. The van der Waals surface area contributed by atoms with Crippen LogP contribution in [0, 0.1) is 0 Å². The van der Waals surface area contributed by atoms with E-state index in [2.05, 4.69) is 36.3 Å². The van der Waals surface area contributed by atoms with Gasteiger partial charge in [0.25, 0.3) is 5.56 Å². The lowest BCUT2D eigenvalue weighted by molar-refractivity contribution is -0.129. The number of carbonyl (C=O) groups excluding carboxylic acids is 1. The van der Waals surface area contributed by atoms with Crippen molar-refractivity contribution in [2.45, 2.75) is 51.9 Å². The molecule has 8 nitrogen and oxygen atoms in total. The number of aryl methyl sites for hydroxylation is 1. The number of carbonyl (C=O) groups is 1. The van der Waals surface area contributed by atoms with E-state index in [1.54, 1.807) is 26.3 Å². The summed E-state index contributed by atoms with van der Waals surface area (Å²) in [4.78, 5) is 26.3. The molecule has 0 spiro atoms. The number of para-hydroxylation sites is 1. The normalized spacial score (nSPS) is 12.7. The molecule has 0 bridgehead atoms. The first-order chi connectivity index (χ1) is 15.1. The molecular weight excluding hydrogens is 412 g/mol. The molecule has 1 aromatic carbocycles. The van der Waals surface area contributed by atoms with E-state index in [0.29, 0.717) is 24.8 Å². The minimum absolute atomic E-state index is 0.00544. The second kappa shape index (κ2) is 10.9. The Morgan fingerprint density at radius 3 is 2.61 bits per heavy atom. The van der Waals surface area contributed by atoms with Crippen molar-refractivity contribution in [3.63, 3.8) is 0 Å². The highest BCUT2D eigenvalue weighted by Crippen LogP contribution is 2.22. The lowest BCUT2D eigenvalue weighted by atomic mass is 10.1. The van der Waals surface area contributed by atoms with E-state index in [9.17, 15) is 9.59 Å². The van der Waals surface area contributed by atoms with Crippen LogP contribution in [0.3, 0.4) is 0 Å². The number of amides is 1. The van der Waals surface area contributed by atoms with E-state index >= 15 is 0 Å². The van der Waals surface area contributed by atoms with E-state index in [1.807, 2.05) is 30.3 Å². The van der Waals surface area contributed by atoms with Gasteiger partial charge in [-0.1, -0.05) is 63.2 Å². The third kappa shape index (κ3) is 5.41. The molecule has 0 saturated heterocycles. The number of fused-ring (bicyclic) bond motifs is 1. The molecule has 0 N–H and O–H groups in total. The Morgan fingerprint density at radius 2 is 1.84 bits per heavy atom. The van der Waals surface area contributed by atoms with Crippen molar-refractivity contribution >= 4 is 17.7 Å². The van der Waals surface area contributed by atoms with Gasteiger partial charge in [0, 0.05) is 24.8 Å². The first kappa shape index (κ1) is 22.7. The first-order valence-corrected chi connectivity index (χ1v) is 11.5. The highest BCUT2D eigenvalue weighted by Gasteiger charge is 2.22. The van der Waals surface area contributed by atoms with Gasteiger partial charge in [-0.05, 0) is 34.5 Å². The van der Waals surface area contributed by atoms with E-state index in [0.717, 1.165) is 23.4 Å². The third-order valence-corrected chi connectivity index (χ3v) is 5.71. The van der Waals surface area contributed by atoms with Crippen LogP contribution >= 0.6 is 11.8 Å². The Labute approximate surface area is 186 Å². The lowest BCUT2D eigenvalue weighted by Crippen LogP contribution is -2.42. The monoisotopic (exact) mass is 440 g/mol. The average molecular weight is 441 g/mol. The lowest BCUT2D eigenvalue weighted by Gasteiger charge is -2.29. The van der Waals surface area contributed by atoms with Crippen LogP contribution < -0.4 is 5.56 Å². The van der Waals surface area contributed by atoms with Crippen LogP contribution in [0.2, 0.25) is 0 Å². The second-order valence-electron chi connectivity index (χ2n) is 7.17. The zero-order valence-corrected chi connectivity index (χ0v) is 19.0. The van der Waals surface area contributed by atoms with Crippen LogP contribution in [0.5, 0.6) is 0 Å². The maximum Gasteiger partial charge on any atom is 0.250 e. The van der Waals surface area contributed by atoms with Crippen LogP contribution in [0.25, 0.3) is 5.69 Å². The van der Waals surface area contributed by atoms with E-state index in [-0.39, 0.29) is 17.2 Å². The molecule has 164 valence electrons. The van der Waals surface area contributed by atoms with Gasteiger partial charge in [0.1, 0.15) is 0 Å². The summed E-state index contributed by atoms with van der Waals surface area (Å²) in [5.74, 6) is 0.247. The molecule has 0 radical (unpaired) electrons. The minimum atomic E-state index is -0.0206. The topological polar surface area (TPSA) is 85.9 Å². The predicted molar refractivity (Wildman–Crippen MR) is 121 cm³/mol. The SMILES string of the molecule is CCC.CCc1ccccc1-n1nnnc1SCC(=O)N1CCn2c(cccc2=O)C1. The number of tetrazole rings is 1. The van der Waals surface area contributed by atoms with Crippen molar-refractivity contribution < 1.29 is 4.79 Å². The average Bonchev–Trinajstić information content (AvgIpc) is 3.26. The molecule has 0 saturated carbocycles. The van der Waals surface area contributed by atoms with Crippen LogP contribution in [0.15, 0.2) is 52.4 Å². The number of benzene rings is 1. The fourth-order valence-corrected chi connectivity index (χ4v) is 4.10. The van der Waals surface area contributed by atoms with Crippen LogP contribution in [0.4, 0.5) is 0 Å². The number of rotatable bonds is 5. The van der Waals surface area contributed by atoms with Crippen LogP contribution in [-0.2, 0) is 24.3 Å². The summed E-state index contributed by atoms with van der Waals surface area (Å²) in [5, 5.41) is 12.5. The number of hydrogen-bond donors (Lipinski definition) is 0. The number of hydrogen-bond acceptors (Lipinski definition) is 6. The maximum atomic E-state index is 12.7. The fraction of sp³-hybridized carbons (Fsp3) is 0.409. The molecule has 1 aliphatic rings. The molecule has 0 atom stereocenters. The standard InChI is InChI=1S/C19H20N6O2S.C3H8/c1-2-14-6-3-4-8-16(14)25-19(20-21-22-25)28-13-18(27)23-10-11-24-15(12-23)7-5-9-17(24)26;1-3-2/h3-9H,2,10-13H2,1H3;3H2,1-2H3. The van der Waals surface area contributed by atoms with E-state index in [1.165, 1.54) is 18.2 Å². The Morgan fingerprint density at radius 1 is 1.06 bits per heavy atom. The summed E-state index contributed by atoms with van der Waals surface area (Å²) in [6.07, 6.45) is 2.12. The van der Waals surface area contributed by atoms with Gasteiger partial charge in [-0.25, -0.2) is 0 Å². The summed E-state index contributed by atoms with van der Waals surface area (Å²) >= 11 is 1.32. The zero-order chi connectivity index (χ0) is 22.2. The van der Waals surface area contributed by atoms with Crippen molar-refractivity contribution in [3.05, 3.63) is 64.1 Å². The molecule has 1 amide bonds. The minimum Gasteiger partial charge on any atom is -0.334 e. The Kier molecular flexibility index (Phi) is 8.00.